The number of pyridine rings is 1. The Balaban J connectivity index is 1.98. The second kappa shape index (κ2) is 6.28. The first-order valence-corrected chi connectivity index (χ1v) is 6.93. The molecule has 0 bridgehead atoms. The van der Waals surface area contributed by atoms with Gasteiger partial charge in [-0.15, -0.1) is 0 Å². The van der Waals surface area contributed by atoms with E-state index in [-0.39, 0.29) is 5.69 Å². The molecule has 1 N–H and O–H groups in total. The molecule has 0 radical (unpaired) electrons. The SMILES string of the molecule is O=[N+]([O-])c1cccc(/C=N/n2c(-c3ccccn3)n[nH]c2=S)c1. The van der Waals surface area contributed by atoms with Gasteiger partial charge in [0.15, 0.2) is 0 Å². The molecule has 0 aliphatic carbocycles. The molecule has 0 saturated carbocycles. The average Bonchev–Trinajstić information content (AvgIpc) is 2.95. The van der Waals surface area contributed by atoms with Crippen molar-refractivity contribution in [1.29, 1.82) is 0 Å². The summed E-state index contributed by atoms with van der Waals surface area (Å²) < 4.78 is 1.71. The zero-order valence-corrected chi connectivity index (χ0v) is 12.5. The van der Waals surface area contributed by atoms with E-state index in [0.29, 0.717) is 21.9 Å². The Hall–Kier alpha value is -3.20. The number of rotatable bonds is 4. The van der Waals surface area contributed by atoms with Crippen LogP contribution in [0.4, 0.5) is 5.69 Å². The maximum atomic E-state index is 10.8. The van der Waals surface area contributed by atoms with E-state index in [0.717, 1.165) is 0 Å². The number of hydrogen-bond acceptors (Lipinski definition) is 6. The second-order valence-electron chi connectivity index (χ2n) is 4.48. The molecule has 0 aliphatic heterocycles. The third kappa shape index (κ3) is 3.19. The summed E-state index contributed by atoms with van der Waals surface area (Å²) in [6, 6.07) is 11.5. The van der Waals surface area contributed by atoms with E-state index in [1.165, 1.54) is 23.0 Å². The lowest BCUT2D eigenvalue weighted by Gasteiger charge is -1.99. The summed E-state index contributed by atoms with van der Waals surface area (Å²) in [6.45, 7) is 0. The van der Waals surface area contributed by atoms with Crippen molar-refractivity contribution in [2.45, 2.75) is 0 Å². The molecule has 0 spiro atoms. The summed E-state index contributed by atoms with van der Waals surface area (Å²) in [5, 5.41) is 21.8. The number of nitro groups is 1. The molecule has 0 unspecified atom stereocenters. The molecule has 0 aliphatic rings. The summed E-state index contributed by atoms with van der Waals surface area (Å²) >= 11 is 5.15. The first-order chi connectivity index (χ1) is 11.1. The molecule has 23 heavy (non-hydrogen) atoms. The Morgan fingerprint density at radius 1 is 1.30 bits per heavy atom. The molecule has 0 saturated heterocycles. The zero-order valence-electron chi connectivity index (χ0n) is 11.7. The summed E-state index contributed by atoms with van der Waals surface area (Å²) in [4.78, 5) is 14.5. The van der Waals surface area contributed by atoms with Crippen LogP contribution in [0.2, 0.25) is 0 Å². The first-order valence-electron chi connectivity index (χ1n) is 6.53. The smallest absolute Gasteiger partial charge is 0.258 e. The Morgan fingerprint density at radius 2 is 2.17 bits per heavy atom. The van der Waals surface area contributed by atoms with Gasteiger partial charge in [-0.1, -0.05) is 18.2 Å². The van der Waals surface area contributed by atoms with Crippen molar-refractivity contribution in [2.75, 3.05) is 0 Å². The largest absolute Gasteiger partial charge is 0.270 e. The van der Waals surface area contributed by atoms with Crippen LogP contribution >= 0.6 is 12.2 Å². The Kier molecular flexibility index (Phi) is 4.02. The van der Waals surface area contributed by atoms with Crippen molar-refractivity contribution in [1.82, 2.24) is 19.9 Å². The molecule has 8 nitrogen and oxygen atoms in total. The molecular formula is C14H10N6O2S. The number of aromatic amines is 1. The Bertz CT molecular complexity index is 932. The average molecular weight is 326 g/mol. The van der Waals surface area contributed by atoms with Gasteiger partial charge in [0.2, 0.25) is 10.6 Å². The molecule has 114 valence electrons. The number of benzene rings is 1. The zero-order chi connectivity index (χ0) is 16.2. The normalized spacial score (nSPS) is 11.0. The lowest BCUT2D eigenvalue weighted by atomic mass is 10.2. The van der Waals surface area contributed by atoms with Gasteiger partial charge < -0.3 is 0 Å². The summed E-state index contributed by atoms with van der Waals surface area (Å²) in [6.07, 6.45) is 3.12. The molecule has 0 amide bonds. The number of nitrogens with one attached hydrogen (secondary N) is 1. The highest BCUT2D eigenvalue weighted by Gasteiger charge is 2.09. The van der Waals surface area contributed by atoms with Crippen LogP contribution < -0.4 is 0 Å². The van der Waals surface area contributed by atoms with E-state index < -0.39 is 4.92 Å². The summed E-state index contributed by atoms with van der Waals surface area (Å²) in [5.41, 5.74) is 1.18. The first kappa shape index (κ1) is 14.7. The van der Waals surface area contributed by atoms with Crippen LogP contribution in [-0.2, 0) is 0 Å². The van der Waals surface area contributed by atoms with Crippen molar-refractivity contribution in [2.24, 2.45) is 5.10 Å². The Labute approximate surface area is 135 Å². The van der Waals surface area contributed by atoms with Crippen LogP contribution in [0, 0.1) is 14.9 Å². The molecule has 9 heteroatoms. The van der Waals surface area contributed by atoms with Gasteiger partial charge in [-0.05, 0) is 24.4 Å². The number of aromatic nitrogens is 4. The predicted molar refractivity (Wildman–Crippen MR) is 86.7 cm³/mol. The minimum absolute atomic E-state index is 0.00492. The third-order valence-electron chi connectivity index (χ3n) is 2.95. The van der Waals surface area contributed by atoms with Crippen molar-refractivity contribution in [3.63, 3.8) is 0 Å². The van der Waals surface area contributed by atoms with Crippen LogP contribution in [0.15, 0.2) is 53.8 Å². The highest BCUT2D eigenvalue weighted by molar-refractivity contribution is 7.71. The van der Waals surface area contributed by atoms with E-state index in [2.05, 4.69) is 20.3 Å². The minimum Gasteiger partial charge on any atom is -0.258 e. The molecule has 0 atom stereocenters. The van der Waals surface area contributed by atoms with E-state index in [1.807, 2.05) is 6.07 Å². The van der Waals surface area contributed by atoms with Crippen LogP contribution in [0.5, 0.6) is 0 Å². The van der Waals surface area contributed by atoms with Gasteiger partial charge in [-0.3, -0.25) is 15.1 Å². The van der Waals surface area contributed by atoms with E-state index in [9.17, 15) is 10.1 Å². The van der Waals surface area contributed by atoms with Crippen molar-refractivity contribution in [3.8, 4) is 11.5 Å². The van der Waals surface area contributed by atoms with Gasteiger partial charge in [0.25, 0.3) is 5.69 Å². The monoisotopic (exact) mass is 326 g/mol. The molecular weight excluding hydrogens is 316 g/mol. The number of nitrogens with zero attached hydrogens (tertiary/aromatic N) is 5. The number of nitro benzene ring substituents is 1. The summed E-state index contributed by atoms with van der Waals surface area (Å²) in [7, 11) is 0. The van der Waals surface area contributed by atoms with Crippen LogP contribution in [0.1, 0.15) is 5.56 Å². The van der Waals surface area contributed by atoms with Crippen LogP contribution in [-0.4, -0.2) is 31.0 Å². The van der Waals surface area contributed by atoms with Crippen molar-refractivity contribution in [3.05, 3.63) is 69.1 Å². The minimum atomic E-state index is -0.458. The van der Waals surface area contributed by atoms with E-state index in [4.69, 9.17) is 12.2 Å². The van der Waals surface area contributed by atoms with Gasteiger partial charge in [0.05, 0.1) is 11.1 Å². The summed E-state index contributed by atoms with van der Waals surface area (Å²) in [5.74, 6) is 0.456. The van der Waals surface area contributed by atoms with Gasteiger partial charge in [-0.2, -0.15) is 14.9 Å². The fourth-order valence-corrected chi connectivity index (χ4v) is 2.08. The van der Waals surface area contributed by atoms with Crippen LogP contribution in [0.25, 0.3) is 11.5 Å². The highest BCUT2D eigenvalue weighted by atomic mass is 32.1. The lowest BCUT2D eigenvalue weighted by Crippen LogP contribution is -1.96. The van der Waals surface area contributed by atoms with Gasteiger partial charge >= 0.3 is 0 Å². The van der Waals surface area contributed by atoms with Crippen LogP contribution in [0.3, 0.4) is 0 Å². The van der Waals surface area contributed by atoms with E-state index in [1.54, 1.807) is 30.5 Å². The predicted octanol–water partition coefficient (Wildman–Crippen LogP) is 2.79. The lowest BCUT2D eigenvalue weighted by molar-refractivity contribution is -0.384. The van der Waals surface area contributed by atoms with Gasteiger partial charge in [0.1, 0.15) is 5.69 Å². The topological polar surface area (TPSA) is 102 Å². The second-order valence-corrected chi connectivity index (χ2v) is 4.86. The fourth-order valence-electron chi connectivity index (χ4n) is 1.90. The number of H-pyrrole nitrogens is 1. The molecule has 1 aromatic carbocycles. The number of non-ortho nitro benzene ring substituents is 1. The molecule has 0 fully saturated rings. The quantitative estimate of drug-likeness (QED) is 0.344. The molecule has 2 heterocycles. The Morgan fingerprint density at radius 3 is 2.91 bits per heavy atom. The standard InChI is InChI=1S/C14H10N6O2S/c21-20(22)11-5-3-4-10(8-11)9-16-19-13(17-18-14(19)23)12-6-1-2-7-15-12/h1-9H,(H,18,23)/b16-9+. The molecule has 3 aromatic rings. The van der Waals surface area contributed by atoms with E-state index >= 15 is 0 Å². The van der Waals surface area contributed by atoms with Gasteiger partial charge in [0, 0.05) is 23.9 Å². The maximum Gasteiger partial charge on any atom is 0.270 e. The van der Waals surface area contributed by atoms with Crippen molar-refractivity contribution >= 4 is 24.1 Å². The maximum absolute atomic E-state index is 10.8. The molecule has 3 rings (SSSR count). The fraction of sp³-hybridized carbons (Fsp3) is 0. The van der Waals surface area contributed by atoms with Crippen molar-refractivity contribution < 1.29 is 4.92 Å². The van der Waals surface area contributed by atoms with Gasteiger partial charge in [-0.25, -0.2) is 5.10 Å². The number of hydrogen-bond donors (Lipinski definition) is 1. The highest BCUT2D eigenvalue weighted by Crippen LogP contribution is 2.15. The third-order valence-corrected chi connectivity index (χ3v) is 3.21. The molecule has 2 aromatic heterocycles.